The highest BCUT2D eigenvalue weighted by Gasteiger charge is 2.19. The van der Waals surface area contributed by atoms with Crippen molar-refractivity contribution in [2.24, 2.45) is 0 Å². The molecule has 1 heterocycles. The van der Waals surface area contributed by atoms with Gasteiger partial charge in [-0.3, -0.25) is 0 Å². The van der Waals surface area contributed by atoms with Gasteiger partial charge in [0, 0.05) is 11.6 Å². The van der Waals surface area contributed by atoms with Crippen LogP contribution in [0.2, 0.25) is 0 Å². The van der Waals surface area contributed by atoms with Crippen LogP contribution in [0.4, 0.5) is 10.3 Å². The van der Waals surface area contributed by atoms with E-state index < -0.39 is 6.17 Å². The van der Waals surface area contributed by atoms with Crippen LogP contribution >= 0.6 is 0 Å². The number of methoxy groups -OCH3 is 2. The van der Waals surface area contributed by atoms with E-state index in [0.29, 0.717) is 28.3 Å². The van der Waals surface area contributed by atoms with Crippen LogP contribution in [0.15, 0.2) is 22.7 Å². The van der Waals surface area contributed by atoms with Gasteiger partial charge in [0.1, 0.15) is 11.9 Å². The lowest BCUT2D eigenvalue weighted by molar-refractivity contribution is 0.347. The maximum absolute atomic E-state index is 13.8. The maximum Gasteiger partial charge on any atom is 0.222 e. The highest BCUT2D eigenvalue weighted by molar-refractivity contribution is 5.70. The molecule has 1 atom stereocenters. The zero-order valence-corrected chi connectivity index (χ0v) is 10.9. The van der Waals surface area contributed by atoms with E-state index in [9.17, 15) is 4.39 Å². The van der Waals surface area contributed by atoms with Crippen molar-refractivity contribution >= 4 is 5.88 Å². The predicted octanol–water partition coefficient (Wildman–Crippen LogP) is 2.97. The number of ether oxygens (including phenoxy) is 2. The number of hydrogen-bond acceptors (Lipinski definition) is 5. The molecule has 1 unspecified atom stereocenters. The Labute approximate surface area is 110 Å². The SMILES string of the molecule is COc1cc(-c2cc(N)on2)c(C(C)F)cc1OC. The number of nitrogens with zero attached hydrogens (tertiary/aromatic N) is 1. The van der Waals surface area contributed by atoms with Crippen molar-refractivity contribution in [3.8, 4) is 22.8 Å². The second kappa shape index (κ2) is 5.17. The number of rotatable bonds is 4. The summed E-state index contributed by atoms with van der Waals surface area (Å²) in [6, 6.07) is 4.78. The number of benzene rings is 1. The predicted molar refractivity (Wildman–Crippen MR) is 69.0 cm³/mol. The van der Waals surface area contributed by atoms with Gasteiger partial charge in [0.25, 0.3) is 0 Å². The average molecular weight is 266 g/mol. The molecule has 6 heteroatoms. The topological polar surface area (TPSA) is 70.5 Å². The Kier molecular flexibility index (Phi) is 3.59. The van der Waals surface area contributed by atoms with Crippen LogP contribution < -0.4 is 15.2 Å². The zero-order valence-electron chi connectivity index (χ0n) is 10.9. The molecule has 0 aliphatic heterocycles. The Morgan fingerprint density at radius 1 is 1.21 bits per heavy atom. The Balaban J connectivity index is 2.63. The molecule has 0 aliphatic carbocycles. The molecular formula is C13H15FN2O3. The van der Waals surface area contributed by atoms with Crippen LogP contribution in [0.5, 0.6) is 11.5 Å². The molecule has 102 valence electrons. The van der Waals surface area contributed by atoms with Crippen LogP contribution in [0.1, 0.15) is 18.7 Å². The number of alkyl halides is 1. The molecule has 0 spiro atoms. The lowest BCUT2D eigenvalue weighted by atomic mass is 10.00. The molecule has 0 aliphatic rings. The number of anilines is 1. The first-order valence-electron chi connectivity index (χ1n) is 5.69. The molecule has 2 rings (SSSR count). The normalized spacial score (nSPS) is 12.2. The Hall–Kier alpha value is -2.24. The van der Waals surface area contributed by atoms with E-state index in [1.165, 1.54) is 27.2 Å². The number of nitrogen functional groups attached to an aromatic ring is 1. The number of hydrogen-bond donors (Lipinski definition) is 1. The van der Waals surface area contributed by atoms with Crippen molar-refractivity contribution in [2.75, 3.05) is 20.0 Å². The molecule has 2 N–H and O–H groups in total. The van der Waals surface area contributed by atoms with Crippen molar-refractivity contribution in [1.29, 1.82) is 0 Å². The van der Waals surface area contributed by atoms with Crippen LogP contribution in [0.25, 0.3) is 11.3 Å². The van der Waals surface area contributed by atoms with Gasteiger partial charge in [-0.1, -0.05) is 5.16 Å². The third-order valence-electron chi connectivity index (χ3n) is 2.79. The van der Waals surface area contributed by atoms with E-state index in [1.54, 1.807) is 12.1 Å². The van der Waals surface area contributed by atoms with Gasteiger partial charge in [0.2, 0.25) is 5.88 Å². The second-order valence-corrected chi connectivity index (χ2v) is 4.02. The molecule has 0 amide bonds. The minimum Gasteiger partial charge on any atom is -0.493 e. The summed E-state index contributed by atoms with van der Waals surface area (Å²) in [7, 11) is 3.01. The third-order valence-corrected chi connectivity index (χ3v) is 2.79. The van der Waals surface area contributed by atoms with E-state index in [0.717, 1.165) is 0 Å². The molecule has 0 bridgehead atoms. The Morgan fingerprint density at radius 2 is 1.84 bits per heavy atom. The monoisotopic (exact) mass is 266 g/mol. The minimum atomic E-state index is -1.19. The fourth-order valence-corrected chi connectivity index (χ4v) is 1.86. The molecule has 0 saturated carbocycles. The Morgan fingerprint density at radius 3 is 2.32 bits per heavy atom. The Bertz CT molecular complexity index is 581. The molecular weight excluding hydrogens is 251 g/mol. The van der Waals surface area contributed by atoms with Crippen molar-refractivity contribution in [3.63, 3.8) is 0 Å². The number of halogens is 1. The smallest absolute Gasteiger partial charge is 0.222 e. The summed E-state index contributed by atoms with van der Waals surface area (Å²) in [4.78, 5) is 0. The van der Waals surface area contributed by atoms with Crippen molar-refractivity contribution in [2.45, 2.75) is 13.1 Å². The fraction of sp³-hybridized carbons (Fsp3) is 0.308. The quantitative estimate of drug-likeness (QED) is 0.921. The average Bonchev–Trinajstić information content (AvgIpc) is 2.83. The lowest BCUT2D eigenvalue weighted by Gasteiger charge is -2.14. The van der Waals surface area contributed by atoms with E-state index in [4.69, 9.17) is 19.7 Å². The first-order valence-corrected chi connectivity index (χ1v) is 5.69. The zero-order chi connectivity index (χ0) is 14.0. The van der Waals surface area contributed by atoms with Gasteiger partial charge >= 0.3 is 0 Å². The largest absolute Gasteiger partial charge is 0.493 e. The van der Waals surface area contributed by atoms with Gasteiger partial charge in [-0.2, -0.15) is 0 Å². The van der Waals surface area contributed by atoms with Gasteiger partial charge in [0.05, 0.1) is 14.2 Å². The highest BCUT2D eigenvalue weighted by Crippen LogP contribution is 2.39. The van der Waals surface area contributed by atoms with Gasteiger partial charge in [-0.25, -0.2) is 4.39 Å². The number of nitrogens with two attached hydrogens (primary N) is 1. The molecule has 5 nitrogen and oxygen atoms in total. The van der Waals surface area contributed by atoms with E-state index >= 15 is 0 Å². The first kappa shape index (κ1) is 13.2. The van der Waals surface area contributed by atoms with Gasteiger partial charge in [0.15, 0.2) is 11.5 Å². The summed E-state index contributed by atoms with van der Waals surface area (Å²) in [5, 5.41) is 3.80. The molecule has 0 saturated heterocycles. The van der Waals surface area contributed by atoms with Crippen LogP contribution in [0, 0.1) is 0 Å². The van der Waals surface area contributed by atoms with Crippen molar-refractivity contribution < 1.29 is 18.4 Å². The molecule has 0 fully saturated rings. The fourth-order valence-electron chi connectivity index (χ4n) is 1.86. The summed E-state index contributed by atoms with van der Waals surface area (Å²) in [5.41, 5.74) is 6.95. The van der Waals surface area contributed by atoms with Crippen LogP contribution in [0.3, 0.4) is 0 Å². The van der Waals surface area contributed by atoms with Crippen LogP contribution in [-0.4, -0.2) is 19.4 Å². The minimum absolute atomic E-state index is 0.169. The highest BCUT2D eigenvalue weighted by atomic mass is 19.1. The van der Waals surface area contributed by atoms with Gasteiger partial charge in [-0.15, -0.1) is 0 Å². The summed E-state index contributed by atoms with van der Waals surface area (Å²) in [6.45, 7) is 1.44. The van der Waals surface area contributed by atoms with E-state index in [1.807, 2.05) is 0 Å². The standard InChI is InChI=1S/C13H15FN2O3/c1-7(14)8-4-11(17-2)12(18-3)5-9(8)10-6-13(15)19-16-10/h4-7H,15H2,1-3H3. The van der Waals surface area contributed by atoms with Crippen molar-refractivity contribution in [1.82, 2.24) is 5.16 Å². The molecule has 1 aromatic carbocycles. The lowest BCUT2D eigenvalue weighted by Crippen LogP contribution is -1.97. The maximum atomic E-state index is 13.8. The third kappa shape index (κ3) is 2.47. The van der Waals surface area contributed by atoms with E-state index in [-0.39, 0.29) is 5.88 Å². The van der Waals surface area contributed by atoms with Gasteiger partial charge in [-0.05, 0) is 24.6 Å². The van der Waals surface area contributed by atoms with Gasteiger partial charge < -0.3 is 19.7 Å². The van der Waals surface area contributed by atoms with Crippen molar-refractivity contribution in [3.05, 3.63) is 23.8 Å². The molecule has 19 heavy (non-hydrogen) atoms. The summed E-state index contributed by atoms with van der Waals surface area (Å²) in [5.74, 6) is 1.12. The first-order chi connectivity index (χ1) is 9.06. The van der Waals surface area contributed by atoms with Crippen LogP contribution in [-0.2, 0) is 0 Å². The molecule has 2 aromatic rings. The summed E-state index contributed by atoms with van der Waals surface area (Å²) >= 11 is 0. The summed E-state index contributed by atoms with van der Waals surface area (Å²) in [6.07, 6.45) is -1.19. The number of aromatic nitrogens is 1. The molecule has 0 radical (unpaired) electrons. The second-order valence-electron chi connectivity index (χ2n) is 4.02. The molecule has 1 aromatic heterocycles. The van der Waals surface area contributed by atoms with E-state index in [2.05, 4.69) is 5.16 Å². The summed E-state index contributed by atoms with van der Waals surface area (Å²) < 4.78 is 28.9.